The first-order valence-electron chi connectivity index (χ1n) is 2.67. The molecular formula is C8H8Fe. The Hall–Kier alpha value is -0.521. The minimum Gasteiger partial charge on any atom is -0.0623 e. The molecule has 1 aliphatic carbocycles. The zero-order valence-corrected chi connectivity index (χ0v) is 6.08. The van der Waals surface area contributed by atoms with E-state index in [1.54, 1.807) is 0 Å². The van der Waals surface area contributed by atoms with E-state index in [2.05, 4.69) is 0 Å². The first-order valence-corrected chi connectivity index (χ1v) is 2.67. The topological polar surface area (TPSA) is 0 Å². The van der Waals surface area contributed by atoms with Gasteiger partial charge in [-0.05, 0) is 0 Å². The van der Waals surface area contributed by atoms with E-state index in [1.165, 1.54) is 0 Å². The van der Waals surface area contributed by atoms with E-state index in [9.17, 15) is 0 Å². The number of hydrogen-bond acceptors (Lipinski definition) is 0. The van der Waals surface area contributed by atoms with Crippen molar-refractivity contribution in [3.63, 3.8) is 0 Å². The van der Waals surface area contributed by atoms with E-state index in [0.717, 1.165) is 0 Å². The minimum atomic E-state index is 0. The van der Waals surface area contributed by atoms with Gasteiger partial charge < -0.3 is 0 Å². The van der Waals surface area contributed by atoms with Crippen LogP contribution in [0, 0.1) is 0 Å². The van der Waals surface area contributed by atoms with Gasteiger partial charge in [-0.3, -0.25) is 0 Å². The summed E-state index contributed by atoms with van der Waals surface area (Å²) in [5, 5.41) is 0. The van der Waals surface area contributed by atoms with Gasteiger partial charge in [0.1, 0.15) is 0 Å². The van der Waals surface area contributed by atoms with E-state index in [4.69, 9.17) is 0 Å². The predicted octanol–water partition coefficient (Wildman–Crippen LogP) is 2.22. The van der Waals surface area contributed by atoms with Crippen LogP contribution in [0.2, 0.25) is 0 Å². The van der Waals surface area contributed by atoms with E-state index < -0.39 is 0 Å². The molecule has 0 aliphatic heterocycles. The average molecular weight is 160 g/mol. The van der Waals surface area contributed by atoms with E-state index >= 15 is 0 Å². The summed E-state index contributed by atoms with van der Waals surface area (Å²) in [5.41, 5.74) is 0. The average Bonchev–Trinajstić information content (AvgIpc) is 1.62. The molecule has 0 spiro atoms. The summed E-state index contributed by atoms with van der Waals surface area (Å²) in [5.74, 6) is 0. The quantitative estimate of drug-likeness (QED) is 0.476. The van der Waals surface area contributed by atoms with Crippen LogP contribution in [-0.2, 0) is 17.1 Å². The fourth-order valence-corrected chi connectivity index (χ4v) is 0.513. The van der Waals surface area contributed by atoms with Gasteiger partial charge in [0.25, 0.3) is 0 Å². The smallest absolute Gasteiger partial charge is 0 e. The molecule has 0 aromatic rings. The van der Waals surface area contributed by atoms with Crippen LogP contribution in [0.5, 0.6) is 0 Å². The molecule has 0 heterocycles. The zero-order chi connectivity index (χ0) is 5.66. The third-order valence-corrected chi connectivity index (χ3v) is 0.889. The Morgan fingerprint density at radius 1 is 0.333 bits per heavy atom. The molecule has 0 saturated carbocycles. The molecule has 0 bridgehead atoms. The molecule has 0 aromatic carbocycles. The maximum Gasteiger partial charge on any atom is 0 e. The van der Waals surface area contributed by atoms with Crippen molar-refractivity contribution >= 4 is 0 Å². The van der Waals surface area contributed by atoms with Gasteiger partial charge in [0, 0.05) is 17.1 Å². The zero-order valence-electron chi connectivity index (χ0n) is 4.97. The van der Waals surface area contributed by atoms with Crippen molar-refractivity contribution < 1.29 is 17.1 Å². The molecule has 48 valence electrons. The fourth-order valence-electron chi connectivity index (χ4n) is 0.513. The summed E-state index contributed by atoms with van der Waals surface area (Å²) in [6.45, 7) is 0. The Labute approximate surface area is 66.1 Å². The summed E-state index contributed by atoms with van der Waals surface area (Å²) in [4.78, 5) is 0. The molecule has 0 nitrogen and oxygen atoms in total. The molecule has 1 aliphatic rings. The van der Waals surface area contributed by atoms with Crippen molar-refractivity contribution in [1.29, 1.82) is 0 Å². The summed E-state index contributed by atoms with van der Waals surface area (Å²) in [6.07, 6.45) is 16.0. The second-order valence-electron chi connectivity index (χ2n) is 1.54. The second-order valence-corrected chi connectivity index (χ2v) is 1.54. The molecule has 0 fully saturated rings. The second kappa shape index (κ2) is 5.61. The molecule has 0 saturated heterocycles. The standard InChI is InChI=1S/C8H8.Fe/c1-2-4-6-8-7-5-3-1;/h1-8H;. The molecule has 1 heteroatoms. The van der Waals surface area contributed by atoms with Crippen LogP contribution in [0.25, 0.3) is 0 Å². The van der Waals surface area contributed by atoms with Gasteiger partial charge in [-0.2, -0.15) is 0 Å². The molecule has 0 unspecified atom stereocenters. The van der Waals surface area contributed by atoms with Crippen molar-refractivity contribution in [3.8, 4) is 0 Å². The number of hydrogen-bond donors (Lipinski definition) is 0. The first kappa shape index (κ1) is 8.48. The van der Waals surface area contributed by atoms with Crippen molar-refractivity contribution in [2.45, 2.75) is 0 Å². The molecular weight excluding hydrogens is 152 g/mol. The monoisotopic (exact) mass is 160 g/mol. The predicted molar refractivity (Wildman–Crippen MR) is 36.6 cm³/mol. The Bertz CT molecular complexity index is 105. The maximum absolute atomic E-state index is 2.00. The molecule has 0 N–H and O–H groups in total. The van der Waals surface area contributed by atoms with Gasteiger partial charge in [0.05, 0.1) is 0 Å². The molecule has 9 heavy (non-hydrogen) atoms. The van der Waals surface area contributed by atoms with Crippen LogP contribution < -0.4 is 0 Å². The molecule has 0 aromatic heterocycles. The summed E-state index contributed by atoms with van der Waals surface area (Å²) in [7, 11) is 0. The van der Waals surface area contributed by atoms with Gasteiger partial charge in [-0.1, -0.05) is 48.6 Å². The van der Waals surface area contributed by atoms with Crippen molar-refractivity contribution in [2.75, 3.05) is 0 Å². The van der Waals surface area contributed by atoms with Crippen molar-refractivity contribution in [2.24, 2.45) is 0 Å². The number of allylic oxidation sites excluding steroid dienone is 8. The van der Waals surface area contributed by atoms with Crippen LogP contribution in [0.1, 0.15) is 0 Å². The van der Waals surface area contributed by atoms with E-state index in [1.807, 2.05) is 48.6 Å². The van der Waals surface area contributed by atoms with Gasteiger partial charge >= 0.3 is 0 Å². The summed E-state index contributed by atoms with van der Waals surface area (Å²) < 4.78 is 0. The summed E-state index contributed by atoms with van der Waals surface area (Å²) in [6, 6.07) is 0. The van der Waals surface area contributed by atoms with E-state index in [-0.39, 0.29) is 17.1 Å². The molecule has 0 radical (unpaired) electrons. The van der Waals surface area contributed by atoms with Gasteiger partial charge in [-0.25, -0.2) is 0 Å². The Kier molecular flexibility index (Phi) is 5.29. The van der Waals surface area contributed by atoms with Gasteiger partial charge in [-0.15, -0.1) is 0 Å². The maximum atomic E-state index is 2.00. The van der Waals surface area contributed by atoms with Crippen LogP contribution in [0.15, 0.2) is 48.6 Å². The Morgan fingerprint density at radius 3 is 0.556 bits per heavy atom. The Balaban J connectivity index is 0.000000640. The normalized spacial score (nSPS) is 14.2. The molecule has 1 rings (SSSR count). The van der Waals surface area contributed by atoms with Gasteiger partial charge in [0.15, 0.2) is 0 Å². The first-order chi connectivity index (χ1) is 4.00. The van der Waals surface area contributed by atoms with Crippen molar-refractivity contribution in [1.82, 2.24) is 0 Å². The summed E-state index contributed by atoms with van der Waals surface area (Å²) >= 11 is 0. The van der Waals surface area contributed by atoms with Gasteiger partial charge in [0.2, 0.25) is 0 Å². The van der Waals surface area contributed by atoms with Crippen LogP contribution in [0.3, 0.4) is 0 Å². The fraction of sp³-hybridized carbons (Fsp3) is 0. The van der Waals surface area contributed by atoms with Crippen LogP contribution in [-0.4, -0.2) is 0 Å². The van der Waals surface area contributed by atoms with Crippen LogP contribution >= 0.6 is 0 Å². The van der Waals surface area contributed by atoms with E-state index in [0.29, 0.717) is 0 Å². The number of rotatable bonds is 0. The minimum absolute atomic E-state index is 0. The van der Waals surface area contributed by atoms with Crippen LogP contribution in [0.4, 0.5) is 0 Å². The third-order valence-electron chi connectivity index (χ3n) is 0.889. The molecule has 0 atom stereocenters. The third kappa shape index (κ3) is 4.01. The molecule has 0 amide bonds. The Morgan fingerprint density at radius 2 is 0.444 bits per heavy atom. The van der Waals surface area contributed by atoms with Crippen molar-refractivity contribution in [3.05, 3.63) is 48.6 Å². The SMILES string of the molecule is C1=CC=CC=CC=C1.[Fe]. The largest absolute Gasteiger partial charge is 0.0623 e.